The fourth-order valence-corrected chi connectivity index (χ4v) is 12.2. The van der Waals surface area contributed by atoms with E-state index in [2.05, 4.69) is 80.9 Å². The minimum Gasteiger partial charge on any atom is -0.428 e. The fraction of sp³-hybridized carbons (Fsp3) is 0.704. The summed E-state index contributed by atoms with van der Waals surface area (Å²) in [6.45, 7) is 41.4. The maximum absolute atomic E-state index is 14.5. The van der Waals surface area contributed by atoms with Crippen molar-refractivity contribution in [3.8, 4) is 17.2 Å². The maximum Gasteiger partial charge on any atom is 0.471 e. The summed E-state index contributed by atoms with van der Waals surface area (Å²) in [6.07, 6.45) is -21.1. The molecule has 12 nitrogen and oxygen atoms in total. The molecule has 4 aromatic carbocycles. The summed E-state index contributed by atoms with van der Waals surface area (Å²) >= 11 is 0. The zero-order valence-electron chi connectivity index (χ0n) is 78.3. The topological polar surface area (TPSA) is 191 Å². The number of hydrogen-bond acceptors (Lipinski definition) is 9. The van der Waals surface area contributed by atoms with Gasteiger partial charge in [0.15, 0.2) is 0 Å². The molecule has 0 bridgehead atoms. The van der Waals surface area contributed by atoms with Crippen LogP contribution in [0.5, 0.6) is 17.2 Å². The van der Waals surface area contributed by atoms with E-state index in [-0.39, 0.29) is 44.2 Å². The van der Waals surface area contributed by atoms with Gasteiger partial charge in [-0.3, -0.25) is 13.7 Å². The molecule has 0 aliphatic rings. The van der Waals surface area contributed by atoms with Crippen LogP contribution in [0.3, 0.4) is 0 Å². The minimum absolute atomic E-state index is 0.0284. The summed E-state index contributed by atoms with van der Waals surface area (Å²) in [5.41, 5.74) is -1.60. The molecule has 0 spiro atoms. The lowest BCUT2D eigenvalue weighted by Crippen LogP contribution is -2.76. The highest BCUT2D eigenvalue weighted by molar-refractivity contribution is 7.87. The summed E-state index contributed by atoms with van der Waals surface area (Å²) in [7, 11) is -23.7. The predicted molar refractivity (Wildman–Crippen MR) is 415 cm³/mol. The molecule has 0 unspecified atom stereocenters. The van der Waals surface area contributed by atoms with Gasteiger partial charge >= 0.3 is 171 Å². The lowest BCUT2D eigenvalue weighted by atomic mass is 9.80. The highest BCUT2D eigenvalue weighted by Gasteiger charge is 3.01. The average molecular weight is 2260 g/mol. The van der Waals surface area contributed by atoms with E-state index in [1.807, 2.05) is 0 Å². The van der Waals surface area contributed by atoms with E-state index in [1.165, 1.54) is 160 Å². The van der Waals surface area contributed by atoms with Gasteiger partial charge in [-0.05, 0) is 131 Å². The Morgan fingerprint density at radius 2 is 0.264 bits per heavy atom. The van der Waals surface area contributed by atoms with Gasteiger partial charge in [0.1, 0.15) is 17.2 Å². The number of ether oxygens (including phenoxy) is 3. The normalized spacial score (nSPS) is 15.7. The highest BCUT2D eigenvalue weighted by atomic mass is 32.2. The molecular formula is C81H90F48O12S3. The second-order valence-electron chi connectivity index (χ2n) is 40.5. The molecule has 3 N–H and O–H groups in total. The van der Waals surface area contributed by atoms with E-state index in [9.17, 15) is 236 Å². The monoisotopic (exact) mass is 2260 g/mol. The maximum atomic E-state index is 14.5. The van der Waals surface area contributed by atoms with Crippen LogP contribution in [0.4, 0.5) is 211 Å². The van der Waals surface area contributed by atoms with Crippen molar-refractivity contribution in [1.29, 1.82) is 0 Å². The summed E-state index contributed by atoms with van der Waals surface area (Å²) in [4.78, 5) is 0. The van der Waals surface area contributed by atoms with Crippen LogP contribution in [0.15, 0.2) is 72.8 Å². The van der Waals surface area contributed by atoms with Crippen molar-refractivity contribution >= 4 is 30.4 Å². The fourth-order valence-electron chi connectivity index (χ4n) is 10.8. The summed E-state index contributed by atoms with van der Waals surface area (Å²) < 4.78 is 765. The Kier molecular flexibility index (Phi) is 35.7. The lowest BCUT2D eigenvalue weighted by Gasteiger charge is -2.43. The van der Waals surface area contributed by atoms with Gasteiger partial charge in [0.25, 0.3) is 0 Å². The van der Waals surface area contributed by atoms with Crippen LogP contribution in [-0.4, -0.2) is 180 Å². The van der Waals surface area contributed by atoms with E-state index in [0.29, 0.717) is 36.4 Å². The number of aryl methyl sites for hydroxylation is 1. The number of alkyl halides is 48. The zero-order valence-corrected chi connectivity index (χ0v) is 80.8. The largest absolute Gasteiger partial charge is 0.471 e. The first-order valence-corrected chi connectivity index (χ1v) is 43.5. The van der Waals surface area contributed by atoms with Crippen LogP contribution in [0.2, 0.25) is 0 Å². The molecule has 0 atom stereocenters. The summed E-state index contributed by atoms with van der Waals surface area (Å²) in [5, 5.41) is -23.5. The molecule has 0 saturated carbocycles. The van der Waals surface area contributed by atoms with Crippen molar-refractivity contribution < 1.29 is 264 Å². The first-order chi connectivity index (χ1) is 61.5. The van der Waals surface area contributed by atoms with E-state index in [1.54, 1.807) is 0 Å². The molecule has 0 aliphatic heterocycles. The number of halogens is 48. The number of rotatable bonds is 30. The van der Waals surface area contributed by atoms with Crippen LogP contribution in [0.1, 0.15) is 216 Å². The van der Waals surface area contributed by atoms with Crippen LogP contribution in [0, 0.1) is 6.92 Å². The molecule has 0 heterocycles. The Hall–Kier alpha value is -7.35. The third-order valence-electron chi connectivity index (χ3n) is 20.5. The van der Waals surface area contributed by atoms with Crippen molar-refractivity contribution in [3.05, 3.63) is 123 Å². The molecule has 144 heavy (non-hydrogen) atoms. The van der Waals surface area contributed by atoms with Crippen molar-refractivity contribution in [3.63, 3.8) is 0 Å². The van der Waals surface area contributed by atoms with Crippen molar-refractivity contribution in [2.75, 3.05) is 0 Å². The molecule has 63 heteroatoms. The molecule has 4 aromatic rings. The van der Waals surface area contributed by atoms with Gasteiger partial charge in [0.2, 0.25) is 0 Å². The third-order valence-corrected chi connectivity index (χ3v) is 23.3. The van der Waals surface area contributed by atoms with Crippen molar-refractivity contribution in [1.82, 2.24) is 0 Å². The second kappa shape index (κ2) is 38.2. The summed E-state index contributed by atoms with van der Waals surface area (Å²) in [5.74, 6) is -159. The zero-order chi connectivity index (χ0) is 117. The second-order valence-corrected chi connectivity index (χ2v) is 44.9. The molecule has 840 valence electrons. The van der Waals surface area contributed by atoms with Crippen LogP contribution in [0.25, 0.3) is 0 Å². The molecule has 0 fully saturated rings. The Labute approximate surface area is 789 Å². The highest BCUT2D eigenvalue weighted by Crippen LogP contribution is 2.70. The number of hydrogen-bond donors (Lipinski definition) is 3. The van der Waals surface area contributed by atoms with Gasteiger partial charge in [-0.1, -0.05) is 208 Å². The van der Waals surface area contributed by atoms with Crippen molar-refractivity contribution in [2.45, 2.75) is 357 Å². The van der Waals surface area contributed by atoms with E-state index in [0.717, 1.165) is 0 Å². The SMILES string of the molecule is CC(C)(C)c1cc(OC(F)(F)C(F)(F)C(F)(F)C(F)(F)C(F)(F)C(F)(F)C(F)(F)C(F)(F)C(F)(F)S(=O)(=O)O)cc(C(C)(C)C)c1.CC(C)(C)c1cc(OC(F)(F)C(F)(F)C(F)(F)C(F)(F)C(F)(F)C(F)(F)C(F)(F)C(F)(F)S(=O)(=O)O)cc(C(C)(C)C)c1.CC(C)(C)c1cc(OC(F)(F)C(F)(F)C(F)(F)C(F)(F)C(F)(F)C(F)(F)C(F)(F)S(=O)(=O)O)cc(C(C)(C)C)c1.Cc1cc(C(C)(C)C)cc(C(C)(C)C)c1. The Bertz CT molecular complexity index is 5450. The van der Waals surface area contributed by atoms with E-state index >= 15 is 0 Å². The minimum atomic E-state index is -9.11. The molecule has 0 radical (unpaired) electrons. The van der Waals surface area contributed by atoms with Gasteiger partial charge in [0.05, 0.1) is 0 Å². The summed E-state index contributed by atoms with van der Waals surface area (Å²) in [6, 6.07) is 13.9. The standard InChI is InChI=1S/C23H22F18O4S.C22H22F16O4S.C21H22F14O4S.C15H24/c1-13(2,3)10-7-11(14(4,5)6)9-12(8-10)45-22(38,39)20(34,35)18(30,31)16(26,27)15(24,25)17(28,29)19(32,33)21(36,37)23(40,41)46(42,43)44;1-13(2,3)10-7-11(14(4,5)6)9-12(8-10)42-21(35,36)19(31,32)17(27,28)15(23,24)16(25,26)18(29,30)20(33,34)22(37,38)43(39,40)41;1-13(2,3)10-7-11(14(4,5)6)9-12(8-10)39-20(32,33)18(28,29)16(24,25)15(22,23)17(26,27)19(30,31)21(34,35)40(36,37)38;1-11-8-12(14(2,3)4)10-13(9-11)15(5,6)7/h7-9H,1-6H3,(H,42,43,44);7-9H,1-6H3,(H,39,40,41);7-9H,1-6H3,(H,36,37,38);8-10H,1-7H3. The van der Waals surface area contributed by atoms with Gasteiger partial charge in [-0.25, -0.2) is 0 Å². The Morgan fingerprint density at radius 1 is 0.167 bits per heavy atom. The molecule has 0 aromatic heterocycles. The van der Waals surface area contributed by atoms with Gasteiger partial charge in [-0.15, -0.1) is 0 Å². The molecule has 0 aliphatic carbocycles. The molecule has 0 amide bonds. The van der Waals surface area contributed by atoms with E-state index in [4.69, 9.17) is 13.7 Å². The third kappa shape index (κ3) is 23.5. The Balaban J connectivity index is 0.00000101. The first-order valence-electron chi connectivity index (χ1n) is 39.1. The molecular weight excluding hydrogens is 2170 g/mol. The predicted octanol–water partition coefficient (Wildman–Crippen LogP) is 30.2. The van der Waals surface area contributed by atoms with E-state index < -0.39 is 221 Å². The lowest BCUT2D eigenvalue weighted by molar-refractivity contribution is -0.469. The van der Waals surface area contributed by atoms with Gasteiger partial charge in [0, 0.05) is 0 Å². The van der Waals surface area contributed by atoms with Crippen LogP contribution in [-0.2, 0) is 73.7 Å². The van der Waals surface area contributed by atoms with Crippen LogP contribution < -0.4 is 14.2 Å². The first kappa shape index (κ1) is 135. The molecule has 4 rings (SSSR count). The van der Waals surface area contributed by atoms with Crippen LogP contribution >= 0.6 is 0 Å². The molecule has 0 saturated heterocycles. The average Bonchev–Trinajstić information content (AvgIpc) is 0.683. The quantitative estimate of drug-likeness (QED) is 0.0331. The number of benzene rings is 4. The smallest absolute Gasteiger partial charge is 0.428 e. The van der Waals surface area contributed by atoms with Gasteiger partial charge < -0.3 is 14.2 Å². The van der Waals surface area contributed by atoms with Crippen molar-refractivity contribution in [2.24, 2.45) is 0 Å². The Morgan fingerprint density at radius 3 is 0.368 bits per heavy atom. The van der Waals surface area contributed by atoms with Gasteiger partial charge in [-0.2, -0.15) is 236 Å².